The second-order valence-corrected chi connectivity index (χ2v) is 7.74. The van der Waals surface area contributed by atoms with Gasteiger partial charge in [-0.25, -0.2) is 4.98 Å². The molecule has 0 radical (unpaired) electrons. The van der Waals surface area contributed by atoms with Gasteiger partial charge in [0.2, 0.25) is 5.16 Å². The van der Waals surface area contributed by atoms with Gasteiger partial charge in [-0.15, -0.1) is 16.4 Å². The fraction of sp³-hybridized carbons (Fsp3) is 0.158. The highest BCUT2D eigenvalue weighted by Gasteiger charge is 2.11. The number of aryl methyl sites for hydroxylation is 1. The van der Waals surface area contributed by atoms with Gasteiger partial charge >= 0.3 is 0 Å². The van der Waals surface area contributed by atoms with Gasteiger partial charge < -0.3 is 10.1 Å². The molecule has 0 aliphatic rings. The summed E-state index contributed by atoms with van der Waals surface area (Å²) in [6.45, 7) is 2.08. The zero-order chi connectivity index (χ0) is 19.3. The van der Waals surface area contributed by atoms with E-state index in [2.05, 4.69) is 44.2 Å². The number of para-hydroxylation sites is 1. The largest absolute Gasteiger partial charge is 0.497 e. The smallest absolute Gasteiger partial charge is 0.214 e. The van der Waals surface area contributed by atoms with Gasteiger partial charge in [0.05, 0.1) is 18.5 Å². The van der Waals surface area contributed by atoms with Crippen LogP contribution in [0.3, 0.4) is 0 Å². The van der Waals surface area contributed by atoms with Crippen molar-refractivity contribution in [3.8, 4) is 11.4 Å². The van der Waals surface area contributed by atoms with E-state index in [0.717, 1.165) is 27.9 Å². The lowest BCUT2D eigenvalue weighted by molar-refractivity contribution is 0.414. The molecule has 0 fully saturated rings. The van der Waals surface area contributed by atoms with Crippen molar-refractivity contribution in [1.82, 2.24) is 25.2 Å². The maximum Gasteiger partial charge on any atom is 0.214 e. The van der Waals surface area contributed by atoms with Crippen molar-refractivity contribution < 1.29 is 4.74 Å². The number of rotatable bonds is 7. The van der Waals surface area contributed by atoms with Crippen LogP contribution in [-0.2, 0) is 5.75 Å². The first-order chi connectivity index (χ1) is 13.7. The standard InChI is InChI=1S/C19H18N6OS2/c1-13-5-3-4-6-17(13)21-18-20-14(11-27-18)12-28-19-22-23-24-25(19)15-7-9-16(26-2)10-8-15/h3-11H,12H2,1-2H3,(H,20,21). The molecule has 4 aromatic rings. The Kier molecular flexibility index (Phi) is 5.54. The van der Waals surface area contributed by atoms with Crippen molar-refractivity contribution in [2.24, 2.45) is 0 Å². The summed E-state index contributed by atoms with van der Waals surface area (Å²) in [6, 6.07) is 15.8. The lowest BCUT2D eigenvalue weighted by atomic mass is 10.2. The number of ether oxygens (including phenoxy) is 1. The Bertz CT molecular complexity index is 1060. The number of nitrogens with one attached hydrogen (secondary N) is 1. The zero-order valence-electron chi connectivity index (χ0n) is 15.4. The molecule has 1 N–H and O–H groups in total. The summed E-state index contributed by atoms with van der Waals surface area (Å²) < 4.78 is 6.91. The second kappa shape index (κ2) is 8.41. The maximum atomic E-state index is 5.20. The van der Waals surface area contributed by atoms with E-state index in [9.17, 15) is 0 Å². The predicted molar refractivity (Wildman–Crippen MR) is 112 cm³/mol. The minimum atomic E-state index is 0.683. The molecule has 0 spiro atoms. The normalized spacial score (nSPS) is 10.8. The number of nitrogens with zero attached hydrogens (tertiary/aromatic N) is 5. The molecule has 2 aromatic carbocycles. The molecule has 0 saturated heterocycles. The molecule has 142 valence electrons. The van der Waals surface area contributed by atoms with Gasteiger partial charge in [-0.2, -0.15) is 4.68 Å². The molecule has 4 rings (SSSR count). The number of thiazole rings is 1. The summed E-state index contributed by atoms with van der Waals surface area (Å²) in [5.41, 5.74) is 4.12. The number of anilines is 2. The van der Waals surface area contributed by atoms with E-state index in [1.165, 1.54) is 5.56 Å². The molecule has 0 atom stereocenters. The monoisotopic (exact) mass is 410 g/mol. The molecule has 28 heavy (non-hydrogen) atoms. The van der Waals surface area contributed by atoms with Crippen LogP contribution in [0.2, 0.25) is 0 Å². The number of tetrazole rings is 1. The predicted octanol–water partition coefficient (Wildman–Crippen LogP) is 4.47. The molecule has 0 saturated carbocycles. The highest BCUT2D eigenvalue weighted by Crippen LogP contribution is 2.27. The maximum absolute atomic E-state index is 5.20. The van der Waals surface area contributed by atoms with E-state index in [1.807, 2.05) is 42.5 Å². The number of benzene rings is 2. The molecule has 0 aliphatic heterocycles. The van der Waals surface area contributed by atoms with Crippen LogP contribution in [0, 0.1) is 6.92 Å². The van der Waals surface area contributed by atoms with E-state index in [4.69, 9.17) is 4.74 Å². The Morgan fingerprint density at radius 2 is 1.96 bits per heavy atom. The van der Waals surface area contributed by atoms with Crippen LogP contribution in [0.5, 0.6) is 5.75 Å². The quantitative estimate of drug-likeness (QED) is 0.450. The minimum absolute atomic E-state index is 0.683. The van der Waals surface area contributed by atoms with E-state index in [1.54, 1.807) is 34.9 Å². The summed E-state index contributed by atoms with van der Waals surface area (Å²) in [5, 5.41) is 19.0. The lowest BCUT2D eigenvalue weighted by Crippen LogP contribution is -1.99. The third-order valence-electron chi connectivity index (χ3n) is 4.05. The van der Waals surface area contributed by atoms with Gasteiger partial charge in [-0.1, -0.05) is 30.0 Å². The van der Waals surface area contributed by atoms with Gasteiger partial charge in [-0.05, 0) is 53.2 Å². The van der Waals surface area contributed by atoms with Crippen molar-refractivity contribution in [3.63, 3.8) is 0 Å². The van der Waals surface area contributed by atoms with E-state index < -0.39 is 0 Å². The van der Waals surface area contributed by atoms with Gasteiger partial charge in [-0.3, -0.25) is 0 Å². The number of hydrogen-bond donors (Lipinski definition) is 1. The van der Waals surface area contributed by atoms with Crippen molar-refractivity contribution in [3.05, 3.63) is 65.2 Å². The molecule has 2 aromatic heterocycles. The minimum Gasteiger partial charge on any atom is -0.497 e. The topological polar surface area (TPSA) is 77.8 Å². The summed E-state index contributed by atoms with van der Waals surface area (Å²) in [4.78, 5) is 4.66. The first kappa shape index (κ1) is 18.5. The number of thioether (sulfide) groups is 1. The Morgan fingerprint density at radius 1 is 1.14 bits per heavy atom. The van der Waals surface area contributed by atoms with E-state index >= 15 is 0 Å². The van der Waals surface area contributed by atoms with Crippen LogP contribution in [-0.4, -0.2) is 32.3 Å². The number of aromatic nitrogens is 5. The van der Waals surface area contributed by atoms with E-state index in [-0.39, 0.29) is 0 Å². The lowest BCUT2D eigenvalue weighted by Gasteiger charge is -2.06. The molecular formula is C19H18N6OS2. The van der Waals surface area contributed by atoms with Crippen LogP contribution in [0.15, 0.2) is 59.1 Å². The molecule has 0 amide bonds. The fourth-order valence-corrected chi connectivity index (χ4v) is 4.16. The Morgan fingerprint density at radius 3 is 2.75 bits per heavy atom. The van der Waals surface area contributed by atoms with Crippen LogP contribution < -0.4 is 10.1 Å². The second-order valence-electron chi connectivity index (χ2n) is 5.94. The van der Waals surface area contributed by atoms with Crippen molar-refractivity contribution in [1.29, 1.82) is 0 Å². The molecule has 0 unspecified atom stereocenters. The van der Waals surface area contributed by atoms with Gasteiger partial charge in [0, 0.05) is 16.8 Å². The summed E-state index contributed by atoms with van der Waals surface area (Å²) in [6.07, 6.45) is 0. The first-order valence-corrected chi connectivity index (χ1v) is 10.4. The van der Waals surface area contributed by atoms with Crippen molar-refractivity contribution >= 4 is 33.9 Å². The van der Waals surface area contributed by atoms with Crippen LogP contribution in [0.4, 0.5) is 10.8 Å². The van der Waals surface area contributed by atoms with Crippen LogP contribution in [0.25, 0.3) is 5.69 Å². The average molecular weight is 411 g/mol. The Balaban J connectivity index is 1.42. The Hall–Kier alpha value is -2.91. The highest BCUT2D eigenvalue weighted by atomic mass is 32.2. The van der Waals surface area contributed by atoms with Gasteiger partial charge in [0.1, 0.15) is 5.75 Å². The SMILES string of the molecule is COc1ccc(-n2nnnc2SCc2csc(Nc3ccccc3C)n2)cc1. The van der Waals surface area contributed by atoms with Crippen molar-refractivity contribution in [2.45, 2.75) is 17.8 Å². The average Bonchev–Trinajstić information content (AvgIpc) is 3.37. The van der Waals surface area contributed by atoms with E-state index in [0.29, 0.717) is 10.9 Å². The number of hydrogen-bond acceptors (Lipinski definition) is 8. The molecule has 2 heterocycles. The van der Waals surface area contributed by atoms with Crippen molar-refractivity contribution in [2.75, 3.05) is 12.4 Å². The molecule has 7 nitrogen and oxygen atoms in total. The zero-order valence-corrected chi connectivity index (χ0v) is 17.0. The summed E-state index contributed by atoms with van der Waals surface area (Å²) in [5.74, 6) is 1.48. The first-order valence-electron chi connectivity index (χ1n) is 8.55. The summed E-state index contributed by atoms with van der Waals surface area (Å²) in [7, 11) is 1.64. The van der Waals surface area contributed by atoms with Crippen LogP contribution >= 0.6 is 23.1 Å². The third kappa shape index (κ3) is 4.15. The van der Waals surface area contributed by atoms with Gasteiger partial charge in [0.25, 0.3) is 0 Å². The molecular weight excluding hydrogens is 392 g/mol. The van der Waals surface area contributed by atoms with Gasteiger partial charge in [0.15, 0.2) is 5.13 Å². The van der Waals surface area contributed by atoms with Crippen LogP contribution in [0.1, 0.15) is 11.3 Å². The highest BCUT2D eigenvalue weighted by molar-refractivity contribution is 7.98. The molecule has 0 bridgehead atoms. The Labute approximate surface area is 170 Å². The summed E-state index contributed by atoms with van der Waals surface area (Å²) >= 11 is 3.13. The molecule has 9 heteroatoms. The number of methoxy groups -OCH3 is 1. The molecule has 0 aliphatic carbocycles. The third-order valence-corrected chi connectivity index (χ3v) is 5.80. The fourth-order valence-electron chi connectivity index (χ4n) is 2.55.